The van der Waals surface area contributed by atoms with E-state index in [-0.39, 0.29) is 57.4 Å². The fraction of sp³-hybridized carbons (Fsp3) is 0.108. The van der Waals surface area contributed by atoms with Gasteiger partial charge in [-0.05, 0) is 58.9 Å². The number of hydrogen-bond acceptors (Lipinski definition) is 7. The molecule has 0 bridgehead atoms. The molecule has 7 nitrogen and oxygen atoms in total. The summed E-state index contributed by atoms with van der Waals surface area (Å²) in [6, 6.07) is 32.5. The number of halogens is 3. The quantitative estimate of drug-likeness (QED) is 0.103. The number of carboxylic acid groups (broad SMARTS) is 1. The maximum Gasteiger partial charge on any atom is 0.399 e. The molecule has 13 heteroatoms. The van der Waals surface area contributed by atoms with Crippen LogP contribution >= 0.6 is 11.3 Å². The summed E-state index contributed by atoms with van der Waals surface area (Å²) in [6.07, 6.45) is 1.59. The summed E-state index contributed by atoms with van der Waals surface area (Å²) in [5, 5.41) is 17.9. The molecule has 0 aliphatic rings. The van der Waals surface area contributed by atoms with Gasteiger partial charge in [0.05, 0.1) is 5.76 Å². The minimum atomic E-state index is -4.38. The zero-order chi connectivity index (χ0) is 35.1. The topological polar surface area (TPSA) is 113 Å². The van der Waals surface area contributed by atoms with E-state index < -0.39 is 17.7 Å². The third-order valence-electron chi connectivity index (χ3n) is 5.80. The molecule has 2 aromatic carbocycles. The van der Waals surface area contributed by atoms with Crippen molar-refractivity contribution in [2.24, 2.45) is 0 Å². The van der Waals surface area contributed by atoms with Gasteiger partial charge in [0.15, 0.2) is 5.78 Å². The third kappa shape index (κ3) is 15.0. The number of aryl methyl sites for hydroxylation is 1. The van der Waals surface area contributed by atoms with Gasteiger partial charge in [0, 0.05) is 70.6 Å². The monoisotopic (exact) mass is 1060 g/mol. The number of aliphatic hydroxyl groups is 1. The molecule has 0 aliphatic carbocycles. The molecular weight excluding hydrogens is 1020 g/mol. The number of carbonyl (C=O) groups is 2. The van der Waals surface area contributed by atoms with E-state index in [0.717, 1.165) is 16.6 Å². The average molecular weight is 1050 g/mol. The Bertz CT molecular complexity index is 1920. The van der Waals surface area contributed by atoms with E-state index in [2.05, 4.69) is 45.3 Å². The number of carboxylic acids is 1. The van der Waals surface area contributed by atoms with E-state index in [1.165, 1.54) is 42.3 Å². The summed E-state index contributed by atoms with van der Waals surface area (Å²) in [5.41, 5.74) is 1.70. The number of aromatic nitrogens is 3. The summed E-state index contributed by atoms with van der Waals surface area (Å²) in [6.45, 7) is 4.47. The number of allylic oxidation sites excluding steroid dienone is 2. The third-order valence-corrected chi connectivity index (χ3v) is 6.89. The van der Waals surface area contributed by atoms with E-state index >= 15 is 0 Å². The number of rotatable bonds is 4. The Morgan fingerprint density at radius 1 is 0.760 bits per heavy atom. The van der Waals surface area contributed by atoms with Gasteiger partial charge in [0.1, 0.15) is 5.69 Å². The summed E-state index contributed by atoms with van der Waals surface area (Å²) < 4.78 is 39.1. The Balaban J connectivity index is 0.000000348. The van der Waals surface area contributed by atoms with E-state index in [0.29, 0.717) is 16.8 Å². The van der Waals surface area contributed by atoms with Gasteiger partial charge in [-0.3, -0.25) is 4.79 Å². The summed E-state index contributed by atoms with van der Waals surface area (Å²) in [4.78, 5) is 33.2. The molecule has 0 spiro atoms. The Morgan fingerprint density at radius 2 is 1.32 bits per heavy atom. The number of pyridine rings is 3. The second kappa shape index (κ2) is 21.6. The maximum atomic E-state index is 12.6. The first-order valence-electron chi connectivity index (χ1n) is 14.2. The Labute approximate surface area is 318 Å². The van der Waals surface area contributed by atoms with Crippen LogP contribution in [0, 0.1) is 19.1 Å². The molecule has 6 aromatic rings. The van der Waals surface area contributed by atoms with Crippen molar-refractivity contribution in [3.63, 3.8) is 0 Å². The van der Waals surface area contributed by atoms with Gasteiger partial charge in [-0.2, -0.15) is 13.2 Å². The minimum Gasteiger partial charge on any atom is -0.512 e. The molecule has 0 unspecified atom stereocenters. The van der Waals surface area contributed by atoms with E-state index in [9.17, 15) is 22.8 Å². The second-order valence-electron chi connectivity index (χ2n) is 9.88. The number of benzene rings is 2. The first-order valence-corrected chi connectivity index (χ1v) is 15.0. The maximum absolute atomic E-state index is 12.6. The Kier molecular flexibility index (Phi) is 18.9. The molecule has 0 saturated heterocycles. The van der Waals surface area contributed by atoms with Crippen LogP contribution in [0.5, 0.6) is 0 Å². The summed E-state index contributed by atoms with van der Waals surface area (Å²) in [5.74, 6) is -1.05. The van der Waals surface area contributed by atoms with E-state index in [1.54, 1.807) is 60.9 Å². The van der Waals surface area contributed by atoms with E-state index in [4.69, 9.17) is 10.2 Å². The van der Waals surface area contributed by atoms with Gasteiger partial charge in [-0.15, -0.1) is 52.9 Å². The van der Waals surface area contributed by atoms with E-state index in [1.807, 2.05) is 30.5 Å². The number of ketones is 1. The van der Waals surface area contributed by atoms with Crippen LogP contribution < -0.4 is 0 Å². The van der Waals surface area contributed by atoms with Crippen molar-refractivity contribution in [1.29, 1.82) is 0 Å². The first kappa shape index (κ1) is 43.6. The normalized spacial score (nSPS) is 10.3. The molecule has 0 saturated carbocycles. The van der Waals surface area contributed by atoms with Crippen LogP contribution in [0.1, 0.15) is 35.5 Å². The van der Waals surface area contributed by atoms with Crippen LogP contribution in [0.2, 0.25) is 0 Å². The fourth-order valence-electron chi connectivity index (χ4n) is 3.84. The van der Waals surface area contributed by atoms with Gasteiger partial charge < -0.3 is 20.2 Å². The van der Waals surface area contributed by atoms with Crippen LogP contribution in [0.25, 0.3) is 31.9 Å². The number of hydrogen-bond donors (Lipinski definition) is 2. The molecule has 264 valence electrons. The minimum absolute atomic E-state index is 0. The van der Waals surface area contributed by atoms with Crippen molar-refractivity contribution in [3.05, 3.63) is 150 Å². The molecule has 0 amide bonds. The van der Waals surface area contributed by atoms with Crippen molar-refractivity contribution in [2.45, 2.75) is 26.9 Å². The second-order valence-corrected chi connectivity index (χ2v) is 10.9. The molecule has 4 aromatic heterocycles. The molecule has 2 N–H and O–H groups in total. The number of aromatic carboxylic acids is 1. The van der Waals surface area contributed by atoms with Gasteiger partial charge >= 0.3 is 12.1 Å². The number of alkyl halides is 3. The molecule has 6 rings (SSSR count). The largest absolute Gasteiger partial charge is 0.512 e. The van der Waals surface area contributed by atoms with Crippen LogP contribution in [0.3, 0.4) is 0 Å². The van der Waals surface area contributed by atoms with Gasteiger partial charge in [-0.25, -0.2) is 21.1 Å². The SMILES string of the molecule is CC(=O)C=C(C)O.Cc1cc(-c2ccccn2)[c-]c(C(F)(F)F)c1.O=C(O)c1ccccn1.[Ir].[Ir].[c-]1c(-c2ccccn2)sc2ccccc12. The standard InChI is InChI=1S/C13H9F3N.C13H8NS.C6H5NO2.C5H8O2.2Ir/c1-9-6-10(12-4-2-3-5-17-12)8-11(7-9)13(14,15)16;1-2-7-12-10(5-1)9-13(15-12)11-6-3-4-8-14-11;8-6(9)5-3-1-2-4-7-5;1-4(6)3-5(2)7;;/h2-7H,1H3;1-8H;1-4H,(H,8,9);3,6H,1-2H3;;/q2*-1;;;;. The van der Waals surface area contributed by atoms with Crippen LogP contribution in [0.15, 0.2) is 121 Å². The number of thiophene rings is 1. The molecular formula is C37H30F3Ir2N3O4S-2. The molecule has 2 radical (unpaired) electrons. The van der Waals surface area contributed by atoms with Gasteiger partial charge in [0.2, 0.25) is 0 Å². The van der Waals surface area contributed by atoms with Crippen molar-refractivity contribution in [3.8, 4) is 21.8 Å². The molecule has 50 heavy (non-hydrogen) atoms. The van der Waals surface area contributed by atoms with Crippen molar-refractivity contribution in [1.82, 2.24) is 15.0 Å². The fourth-order valence-corrected chi connectivity index (χ4v) is 4.82. The molecule has 0 atom stereocenters. The van der Waals surface area contributed by atoms with Crippen molar-refractivity contribution < 1.29 is 73.2 Å². The van der Waals surface area contributed by atoms with Crippen LogP contribution in [-0.2, 0) is 51.2 Å². The van der Waals surface area contributed by atoms with Crippen LogP contribution in [0.4, 0.5) is 13.2 Å². The van der Waals surface area contributed by atoms with Crippen LogP contribution in [-0.4, -0.2) is 36.9 Å². The van der Waals surface area contributed by atoms with Crippen molar-refractivity contribution >= 4 is 33.2 Å². The predicted octanol–water partition coefficient (Wildman–Crippen LogP) is 9.45. The summed E-state index contributed by atoms with van der Waals surface area (Å²) in [7, 11) is 0. The zero-order valence-corrected chi connectivity index (χ0v) is 32.3. The average Bonchev–Trinajstić information content (AvgIpc) is 3.50. The first-order chi connectivity index (χ1) is 22.8. The molecule has 0 aliphatic heterocycles. The molecule has 0 fully saturated rings. The van der Waals surface area contributed by atoms with Gasteiger partial charge in [-0.1, -0.05) is 49.4 Å². The number of fused-ring (bicyclic) bond motifs is 1. The number of nitrogens with zero attached hydrogens (tertiary/aromatic N) is 3. The Hall–Kier alpha value is -4.38. The number of aliphatic hydroxyl groups excluding tert-OH is 1. The van der Waals surface area contributed by atoms with Crippen molar-refractivity contribution in [2.75, 3.05) is 0 Å². The number of carbonyl (C=O) groups excluding carboxylic acids is 1. The smallest absolute Gasteiger partial charge is 0.399 e. The Morgan fingerprint density at radius 3 is 1.76 bits per heavy atom. The predicted molar refractivity (Wildman–Crippen MR) is 180 cm³/mol. The summed E-state index contributed by atoms with van der Waals surface area (Å²) >= 11 is 1.73. The zero-order valence-electron chi connectivity index (χ0n) is 26.7. The molecule has 4 heterocycles. The van der Waals surface area contributed by atoms with Gasteiger partial charge in [0.25, 0.3) is 0 Å².